The van der Waals surface area contributed by atoms with Gasteiger partial charge in [0.15, 0.2) is 0 Å². The number of nitrogens with one attached hydrogen (secondary N) is 1. The number of phenolic OH excluding ortho intramolecular Hbond substituents is 1. The molecule has 0 aliphatic rings. The van der Waals surface area contributed by atoms with E-state index in [9.17, 15) is 9.90 Å². The molecule has 6 heteroatoms. The van der Waals surface area contributed by atoms with Crippen LogP contribution in [0.3, 0.4) is 0 Å². The van der Waals surface area contributed by atoms with Crippen molar-refractivity contribution in [2.45, 2.75) is 6.42 Å². The number of benzene rings is 1. The highest BCUT2D eigenvalue weighted by molar-refractivity contribution is 5.87. The van der Waals surface area contributed by atoms with Crippen molar-refractivity contribution in [1.82, 2.24) is 15.1 Å². The van der Waals surface area contributed by atoms with Crippen LogP contribution in [0, 0.1) is 0 Å². The Hall–Kier alpha value is -2.34. The van der Waals surface area contributed by atoms with Crippen molar-refractivity contribution in [2.75, 3.05) is 20.6 Å². The maximum atomic E-state index is 10.8. The second kappa shape index (κ2) is 5.75. The van der Waals surface area contributed by atoms with Crippen molar-refractivity contribution in [1.29, 1.82) is 0 Å². The van der Waals surface area contributed by atoms with Gasteiger partial charge in [-0.15, -0.1) is 0 Å². The van der Waals surface area contributed by atoms with E-state index >= 15 is 0 Å². The number of hydrogen-bond donors (Lipinski definition) is 3. The van der Waals surface area contributed by atoms with Crippen LogP contribution in [0.1, 0.15) is 16.1 Å². The molecular weight excluding hydrogens is 258 g/mol. The zero-order valence-electron chi connectivity index (χ0n) is 11.4. The fourth-order valence-corrected chi connectivity index (χ4v) is 1.87. The van der Waals surface area contributed by atoms with Gasteiger partial charge in [-0.3, -0.25) is 5.10 Å². The predicted molar refractivity (Wildman–Crippen MR) is 74.9 cm³/mol. The Morgan fingerprint density at radius 2 is 2.10 bits per heavy atom. The van der Waals surface area contributed by atoms with Gasteiger partial charge in [-0.05, 0) is 44.3 Å². The summed E-state index contributed by atoms with van der Waals surface area (Å²) in [4.78, 5) is 12.9. The molecule has 0 aliphatic carbocycles. The topological polar surface area (TPSA) is 89.5 Å². The van der Waals surface area contributed by atoms with Crippen molar-refractivity contribution in [3.05, 3.63) is 35.5 Å². The molecule has 0 amide bonds. The lowest BCUT2D eigenvalue weighted by molar-refractivity contribution is 0.0690. The van der Waals surface area contributed by atoms with E-state index < -0.39 is 5.97 Å². The fraction of sp³-hybridized carbons (Fsp3) is 0.286. The van der Waals surface area contributed by atoms with Crippen LogP contribution in [0.5, 0.6) is 5.75 Å². The van der Waals surface area contributed by atoms with E-state index in [0.29, 0.717) is 11.3 Å². The summed E-state index contributed by atoms with van der Waals surface area (Å²) in [5.74, 6) is -0.992. The molecule has 0 aliphatic heterocycles. The number of aromatic nitrogens is 2. The molecule has 0 unspecified atom stereocenters. The third-order valence-electron chi connectivity index (χ3n) is 2.99. The number of H-pyrrole nitrogens is 1. The van der Waals surface area contributed by atoms with Crippen LogP contribution in [-0.2, 0) is 6.42 Å². The van der Waals surface area contributed by atoms with Gasteiger partial charge in [0.25, 0.3) is 0 Å². The molecule has 0 saturated carbocycles. The van der Waals surface area contributed by atoms with Crippen LogP contribution < -0.4 is 0 Å². The highest BCUT2D eigenvalue weighted by Gasteiger charge is 2.12. The second-order valence-electron chi connectivity index (χ2n) is 4.88. The van der Waals surface area contributed by atoms with Gasteiger partial charge < -0.3 is 15.1 Å². The van der Waals surface area contributed by atoms with Gasteiger partial charge >= 0.3 is 5.97 Å². The Bertz CT molecular complexity index is 620. The van der Waals surface area contributed by atoms with E-state index in [1.54, 1.807) is 6.07 Å². The average Bonchev–Trinajstić information content (AvgIpc) is 2.87. The summed E-state index contributed by atoms with van der Waals surface area (Å²) in [6.45, 7) is 0.894. The highest BCUT2D eigenvalue weighted by atomic mass is 16.4. The Kier molecular flexibility index (Phi) is 4.05. The van der Waals surface area contributed by atoms with E-state index in [2.05, 4.69) is 15.1 Å². The second-order valence-corrected chi connectivity index (χ2v) is 4.88. The van der Waals surface area contributed by atoms with Crippen LogP contribution in [0.25, 0.3) is 11.3 Å². The van der Waals surface area contributed by atoms with Gasteiger partial charge in [0.2, 0.25) is 0 Å². The zero-order chi connectivity index (χ0) is 14.7. The van der Waals surface area contributed by atoms with Gasteiger partial charge in [0, 0.05) is 12.1 Å². The maximum Gasteiger partial charge on any atom is 0.353 e. The molecule has 0 fully saturated rings. The normalized spacial score (nSPS) is 10.9. The molecule has 0 radical (unpaired) electrons. The number of nitrogens with zero attached hydrogens (tertiary/aromatic N) is 2. The first kappa shape index (κ1) is 14.1. The molecule has 2 aromatic rings. The first-order valence-electron chi connectivity index (χ1n) is 6.23. The number of aromatic carboxylic acids is 1. The van der Waals surface area contributed by atoms with Crippen LogP contribution >= 0.6 is 0 Å². The lowest BCUT2D eigenvalue weighted by Crippen LogP contribution is -2.15. The lowest BCUT2D eigenvalue weighted by atomic mass is 10.0. The summed E-state index contributed by atoms with van der Waals surface area (Å²) in [5, 5.41) is 25.1. The molecule has 0 saturated heterocycles. The molecule has 2 rings (SSSR count). The number of carbonyl (C=O) groups is 1. The molecule has 0 bridgehead atoms. The predicted octanol–water partition coefficient (Wildman–Crippen LogP) is 1.58. The van der Waals surface area contributed by atoms with Crippen LogP contribution in [0.15, 0.2) is 24.3 Å². The highest BCUT2D eigenvalue weighted by Crippen LogP contribution is 2.29. The summed E-state index contributed by atoms with van der Waals surface area (Å²) in [5.41, 5.74) is 2.01. The largest absolute Gasteiger partial charge is 0.507 e. The van der Waals surface area contributed by atoms with Gasteiger partial charge in [0.05, 0.1) is 5.69 Å². The van der Waals surface area contributed by atoms with Crippen molar-refractivity contribution in [2.24, 2.45) is 0 Å². The minimum absolute atomic E-state index is 0.00176. The minimum Gasteiger partial charge on any atom is -0.507 e. The molecule has 0 spiro atoms. The molecule has 106 valence electrons. The lowest BCUT2D eigenvalue weighted by Gasteiger charge is -2.10. The van der Waals surface area contributed by atoms with Gasteiger partial charge in [-0.1, -0.05) is 6.07 Å². The SMILES string of the molecule is CN(C)CCc1ccc(O)c(-c2cc(C(=O)O)[nH]n2)c1. The first-order valence-corrected chi connectivity index (χ1v) is 6.23. The zero-order valence-corrected chi connectivity index (χ0v) is 11.4. The first-order chi connectivity index (χ1) is 9.47. The van der Waals surface area contributed by atoms with Gasteiger partial charge in [-0.2, -0.15) is 5.10 Å². The van der Waals surface area contributed by atoms with E-state index in [1.807, 2.05) is 26.2 Å². The molecule has 1 heterocycles. The van der Waals surface area contributed by atoms with E-state index in [1.165, 1.54) is 6.07 Å². The Labute approximate surface area is 116 Å². The van der Waals surface area contributed by atoms with Crippen molar-refractivity contribution in [3.8, 4) is 17.0 Å². The smallest absolute Gasteiger partial charge is 0.353 e. The minimum atomic E-state index is -1.08. The summed E-state index contributed by atoms with van der Waals surface area (Å²) in [6.07, 6.45) is 0.844. The standard InChI is InChI=1S/C14H17N3O3/c1-17(2)6-5-9-3-4-13(18)10(7-9)11-8-12(14(19)20)16-15-11/h3-4,7-8,18H,5-6H2,1-2H3,(H,15,16)(H,19,20). The quantitative estimate of drug-likeness (QED) is 0.771. The Morgan fingerprint density at radius 3 is 2.70 bits per heavy atom. The Morgan fingerprint density at radius 1 is 1.35 bits per heavy atom. The molecule has 0 atom stereocenters. The summed E-state index contributed by atoms with van der Waals surface area (Å²) in [6, 6.07) is 6.70. The summed E-state index contributed by atoms with van der Waals surface area (Å²) < 4.78 is 0. The maximum absolute atomic E-state index is 10.8. The van der Waals surface area contributed by atoms with Crippen molar-refractivity contribution in [3.63, 3.8) is 0 Å². The molecular formula is C14H17N3O3. The molecule has 20 heavy (non-hydrogen) atoms. The third-order valence-corrected chi connectivity index (χ3v) is 2.99. The number of carboxylic acid groups (broad SMARTS) is 1. The number of aromatic amines is 1. The van der Waals surface area contributed by atoms with Crippen molar-refractivity contribution >= 4 is 5.97 Å². The van der Waals surface area contributed by atoms with Gasteiger partial charge in [-0.25, -0.2) is 4.79 Å². The number of carboxylic acids is 1. The number of likely N-dealkylation sites (N-methyl/N-ethyl adjacent to an activating group) is 1. The van der Waals surface area contributed by atoms with Gasteiger partial charge in [0.1, 0.15) is 11.4 Å². The fourth-order valence-electron chi connectivity index (χ4n) is 1.87. The van der Waals surface area contributed by atoms with Crippen molar-refractivity contribution < 1.29 is 15.0 Å². The van der Waals surface area contributed by atoms with E-state index in [0.717, 1.165) is 18.5 Å². The van der Waals surface area contributed by atoms with Crippen LogP contribution in [0.4, 0.5) is 0 Å². The van der Waals surface area contributed by atoms with E-state index in [4.69, 9.17) is 5.11 Å². The summed E-state index contributed by atoms with van der Waals surface area (Å²) >= 11 is 0. The number of phenols is 1. The number of hydrogen-bond acceptors (Lipinski definition) is 4. The average molecular weight is 275 g/mol. The number of aromatic hydroxyl groups is 1. The molecule has 3 N–H and O–H groups in total. The van der Waals surface area contributed by atoms with E-state index in [-0.39, 0.29) is 11.4 Å². The third kappa shape index (κ3) is 3.16. The molecule has 1 aromatic heterocycles. The molecule has 6 nitrogen and oxygen atoms in total. The number of rotatable bonds is 5. The van der Waals surface area contributed by atoms with Crippen LogP contribution in [-0.4, -0.2) is 51.9 Å². The van der Waals surface area contributed by atoms with Crippen LogP contribution in [0.2, 0.25) is 0 Å². The summed E-state index contributed by atoms with van der Waals surface area (Å²) in [7, 11) is 3.99. The Balaban J connectivity index is 2.29. The monoisotopic (exact) mass is 275 g/mol. The molecule has 1 aromatic carbocycles.